The smallest absolute Gasteiger partial charge is 0.122 e. The minimum absolute atomic E-state index is 0.107. The van der Waals surface area contributed by atoms with E-state index in [4.69, 9.17) is 4.74 Å². The van der Waals surface area contributed by atoms with Crippen LogP contribution < -0.4 is 0 Å². The Morgan fingerprint density at radius 1 is 1.67 bits per heavy atom. The van der Waals surface area contributed by atoms with E-state index in [1.807, 2.05) is 17.8 Å². The molecule has 15 heavy (non-hydrogen) atoms. The van der Waals surface area contributed by atoms with Gasteiger partial charge in [0.2, 0.25) is 0 Å². The Bertz CT molecular complexity index is 313. The summed E-state index contributed by atoms with van der Waals surface area (Å²) in [5, 5.41) is 9.21. The van der Waals surface area contributed by atoms with Crippen LogP contribution in [-0.2, 0) is 18.3 Å². The summed E-state index contributed by atoms with van der Waals surface area (Å²) in [6.07, 6.45) is 3.73. The minimum atomic E-state index is 0.107. The number of nitrogens with zero attached hydrogens (tertiary/aromatic N) is 3. The molecule has 0 bridgehead atoms. The van der Waals surface area contributed by atoms with Crippen LogP contribution in [0, 0.1) is 0 Å². The molecule has 2 rings (SSSR count). The first-order valence-corrected chi connectivity index (χ1v) is 5.20. The van der Waals surface area contributed by atoms with Gasteiger partial charge < -0.3 is 14.4 Å². The fraction of sp³-hybridized carbons (Fsp3) is 0.700. The maximum Gasteiger partial charge on any atom is 0.122 e. The molecule has 0 spiro atoms. The van der Waals surface area contributed by atoms with E-state index < -0.39 is 0 Å². The molecule has 1 aliphatic heterocycles. The maximum atomic E-state index is 9.21. The van der Waals surface area contributed by atoms with Crippen LogP contribution in [0.1, 0.15) is 5.82 Å². The second kappa shape index (κ2) is 4.74. The average molecular weight is 211 g/mol. The monoisotopic (exact) mass is 211 g/mol. The number of hydrogen-bond acceptors (Lipinski definition) is 4. The van der Waals surface area contributed by atoms with Crippen molar-refractivity contribution in [1.82, 2.24) is 14.5 Å². The topological polar surface area (TPSA) is 50.5 Å². The van der Waals surface area contributed by atoms with Crippen LogP contribution in [0.4, 0.5) is 0 Å². The molecule has 5 nitrogen and oxygen atoms in total. The van der Waals surface area contributed by atoms with Gasteiger partial charge in [-0.05, 0) is 0 Å². The van der Waals surface area contributed by atoms with Crippen molar-refractivity contribution in [3.05, 3.63) is 18.2 Å². The van der Waals surface area contributed by atoms with Gasteiger partial charge in [-0.2, -0.15) is 0 Å². The predicted octanol–water partition coefficient (Wildman–Crippen LogP) is -0.387. The second-order valence-corrected chi connectivity index (χ2v) is 3.84. The standard InChI is InChI=1S/C10H17N3O2/c1-12-3-2-11-10(12)6-13-4-5-15-8-9(13)7-14/h2-3,9,14H,4-8H2,1H3. The third-order valence-electron chi connectivity index (χ3n) is 2.83. The summed E-state index contributed by atoms with van der Waals surface area (Å²) in [6.45, 7) is 3.13. The van der Waals surface area contributed by atoms with Crippen molar-refractivity contribution in [2.45, 2.75) is 12.6 Å². The molecule has 0 amide bonds. The van der Waals surface area contributed by atoms with Crippen LogP contribution in [0.3, 0.4) is 0 Å². The van der Waals surface area contributed by atoms with Gasteiger partial charge in [0.1, 0.15) is 5.82 Å². The van der Waals surface area contributed by atoms with E-state index in [-0.39, 0.29) is 12.6 Å². The highest BCUT2D eigenvalue weighted by Gasteiger charge is 2.23. The van der Waals surface area contributed by atoms with Crippen molar-refractivity contribution in [1.29, 1.82) is 0 Å². The van der Waals surface area contributed by atoms with Gasteiger partial charge >= 0.3 is 0 Å². The summed E-state index contributed by atoms with van der Waals surface area (Å²) >= 11 is 0. The van der Waals surface area contributed by atoms with Crippen LogP contribution in [0.25, 0.3) is 0 Å². The minimum Gasteiger partial charge on any atom is -0.395 e. The van der Waals surface area contributed by atoms with E-state index >= 15 is 0 Å². The Morgan fingerprint density at radius 3 is 3.20 bits per heavy atom. The number of morpholine rings is 1. The van der Waals surface area contributed by atoms with Gasteiger partial charge in [-0.25, -0.2) is 4.98 Å². The number of aliphatic hydroxyl groups is 1. The van der Waals surface area contributed by atoms with Gasteiger partial charge in [0, 0.05) is 26.0 Å². The van der Waals surface area contributed by atoms with Gasteiger partial charge in [-0.15, -0.1) is 0 Å². The molecular formula is C10H17N3O2. The molecule has 1 aromatic heterocycles. The van der Waals surface area contributed by atoms with E-state index in [9.17, 15) is 5.11 Å². The number of aryl methyl sites for hydroxylation is 1. The average Bonchev–Trinajstić information content (AvgIpc) is 2.65. The molecule has 1 saturated heterocycles. The SMILES string of the molecule is Cn1ccnc1CN1CCOCC1CO. The van der Waals surface area contributed by atoms with Crippen LogP contribution >= 0.6 is 0 Å². The Balaban J connectivity index is 2.00. The Kier molecular flexibility index (Phi) is 3.35. The van der Waals surface area contributed by atoms with E-state index in [2.05, 4.69) is 9.88 Å². The summed E-state index contributed by atoms with van der Waals surface area (Å²) in [5.74, 6) is 1.02. The third kappa shape index (κ3) is 2.37. The van der Waals surface area contributed by atoms with E-state index in [0.717, 1.165) is 25.5 Å². The second-order valence-electron chi connectivity index (χ2n) is 3.84. The first-order valence-electron chi connectivity index (χ1n) is 5.20. The molecule has 2 heterocycles. The molecular weight excluding hydrogens is 194 g/mol. The molecule has 1 atom stereocenters. The van der Waals surface area contributed by atoms with Crippen LogP contribution in [0.5, 0.6) is 0 Å². The third-order valence-corrected chi connectivity index (χ3v) is 2.83. The zero-order chi connectivity index (χ0) is 10.7. The molecule has 1 fully saturated rings. The van der Waals surface area contributed by atoms with Gasteiger partial charge in [-0.3, -0.25) is 4.90 Å². The lowest BCUT2D eigenvalue weighted by atomic mass is 10.2. The van der Waals surface area contributed by atoms with E-state index in [1.54, 1.807) is 6.20 Å². The Labute approximate surface area is 89.3 Å². The number of rotatable bonds is 3. The van der Waals surface area contributed by atoms with Crippen LogP contribution in [-0.4, -0.2) is 52.0 Å². The van der Waals surface area contributed by atoms with Crippen molar-refractivity contribution < 1.29 is 9.84 Å². The van der Waals surface area contributed by atoms with Crippen molar-refractivity contribution in [3.8, 4) is 0 Å². The number of aromatic nitrogens is 2. The largest absolute Gasteiger partial charge is 0.395 e. The molecule has 1 unspecified atom stereocenters. The molecule has 1 aromatic rings. The van der Waals surface area contributed by atoms with Gasteiger partial charge in [0.05, 0.1) is 32.4 Å². The zero-order valence-corrected chi connectivity index (χ0v) is 8.96. The maximum absolute atomic E-state index is 9.21. The molecule has 5 heteroatoms. The normalized spacial score (nSPS) is 23.2. The lowest BCUT2D eigenvalue weighted by molar-refractivity contribution is -0.0325. The molecule has 1 N–H and O–H groups in total. The van der Waals surface area contributed by atoms with E-state index in [1.165, 1.54) is 0 Å². The lowest BCUT2D eigenvalue weighted by Gasteiger charge is -2.33. The van der Waals surface area contributed by atoms with Crippen LogP contribution in [0.15, 0.2) is 12.4 Å². The van der Waals surface area contributed by atoms with Crippen molar-refractivity contribution >= 4 is 0 Å². The fourth-order valence-corrected chi connectivity index (χ4v) is 1.80. The highest BCUT2D eigenvalue weighted by atomic mass is 16.5. The zero-order valence-electron chi connectivity index (χ0n) is 8.96. The van der Waals surface area contributed by atoms with Gasteiger partial charge in [0.25, 0.3) is 0 Å². The highest BCUT2D eigenvalue weighted by molar-refractivity contribution is 4.92. The number of hydrogen-bond donors (Lipinski definition) is 1. The highest BCUT2D eigenvalue weighted by Crippen LogP contribution is 2.10. The molecule has 0 aromatic carbocycles. The molecule has 0 aliphatic carbocycles. The molecule has 1 aliphatic rings. The van der Waals surface area contributed by atoms with Crippen molar-refractivity contribution in [3.63, 3.8) is 0 Å². The first kappa shape index (κ1) is 10.6. The lowest BCUT2D eigenvalue weighted by Crippen LogP contribution is -2.47. The first-order chi connectivity index (χ1) is 7.31. The number of ether oxygens (including phenoxy) is 1. The Hall–Kier alpha value is -0.910. The van der Waals surface area contributed by atoms with E-state index in [0.29, 0.717) is 6.61 Å². The summed E-state index contributed by atoms with van der Waals surface area (Å²) in [4.78, 5) is 6.49. The van der Waals surface area contributed by atoms with Gasteiger partial charge in [-0.1, -0.05) is 0 Å². The quantitative estimate of drug-likeness (QED) is 0.740. The fourth-order valence-electron chi connectivity index (χ4n) is 1.80. The summed E-state index contributed by atoms with van der Waals surface area (Å²) < 4.78 is 7.33. The van der Waals surface area contributed by atoms with Crippen molar-refractivity contribution in [2.24, 2.45) is 7.05 Å². The number of imidazole rings is 1. The predicted molar refractivity (Wildman–Crippen MR) is 55.3 cm³/mol. The van der Waals surface area contributed by atoms with Gasteiger partial charge in [0.15, 0.2) is 0 Å². The summed E-state index contributed by atoms with van der Waals surface area (Å²) in [7, 11) is 1.98. The van der Waals surface area contributed by atoms with Crippen LogP contribution in [0.2, 0.25) is 0 Å². The molecule has 0 radical (unpaired) electrons. The summed E-state index contributed by atoms with van der Waals surface area (Å²) in [6, 6.07) is 0.107. The number of aliphatic hydroxyl groups excluding tert-OH is 1. The summed E-state index contributed by atoms with van der Waals surface area (Å²) in [5.41, 5.74) is 0. The van der Waals surface area contributed by atoms with Crippen molar-refractivity contribution in [2.75, 3.05) is 26.4 Å². The molecule has 84 valence electrons. The molecule has 0 saturated carbocycles. The Morgan fingerprint density at radius 2 is 2.53 bits per heavy atom.